The van der Waals surface area contributed by atoms with Crippen LogP contribution in [0, 0.1) is 5.82 Å². The molecule has 0 spiro atoms. The van der Waals surface area contributed by atoms with E-state index in [0.29, 0.717) is 13.0 Å². The molecule has 0 bridgehead atoms. The summed E-state index contributed by atoms with van der Waals surface area (Å²) in [4.78, 5) is 19.2. The molecule has 1 aromatic heterocycles. The largest absolute Gasteiger partial charge is 0.379 e. The number of nitrogens with zero attached hydrogens (tertiary/aromatic N) is 1. The molecular formula is C22H24FN3O2S. The molecule has 1 aliphatic rings. The summed E-state index contributed by atoms with van der Waals surface area (Å²) in [6.07, 6.45) is 0.302. The maximum Gasteiger partial charge on any atom is 0.224 e. The van der Waals surface area contributed by atoms with Crippen molar-refractivity contribution in [2.75, 3.05) is 39.4 Å². The van der Waals surface area contributed by atoms with Crippen molar-refractivity contribution in [2.24, 2.45) is 0 Å². The highest BCUT2D eigenvalue weighted by atomic mass is 32.2. The van der Waals surface area contributed by atoms with Crippen LogP contribution in [0.2, 0.25) is 0 Å². The lowest BCUT2D eigenvalue weighted by Crippen LogP contribution is -2.41. The van der Waals surface area contributed by atoms with Crippen molar-refractivity contribution in [3.05, 3.63) is 59.9 Å². The molecule has 2 N–H and O–H groups in total. The number of hydrogen-bond acceptors (Lipinski definition) is 4. The standard InChI is InChI=1S/C22H24FN3O2S/c23-16-5-7-17(8-6-16)29-22-19(18-3-1-2-4-20(18)25-22)15-21(27)24-9-10-26-11-13-28-14-12-26/h1-8,25H,9-15H2,(H,24,27). The lowest BCUT2D eigenvalue weighted by atomic mass is 10.1. The smallest absolute Gasteiger partial charge is 0.224 e. The van der Waals surface area contributed by atoms with Gasteiger partial charge in [-0.3, -0.25) is 9.69 Å². The van der Waals surface area contributed by atoms with E-state index in [1.807, 2.05) is 24.3 Å². The summed E-state index contributed by atoms with van der Waals surface area (Å²) in [6.45, 7) is 4.80. The summed E-state index contributed by atoms with van der Waals surface area (Å²) in [5, 5.41) is 5.00. The van der Waals surface area contributed by atoms with Gasteiger partial charge < -0.3 is 15.0 Å². The molecule has 29 heavy (non-hydrogen) atoms. The van der Waals surface area contributed by atoms with E-state index in [4.69, 9.17) is 4.74 Å². The van der Waals surface area contributed by atoms with Gasteiger partial charge in [-0.15, -0.1) is 0 Å². The Labute approximate surface area is 173 Å². The number of para-hydroxylation sites is 1. The Morgan fingerprint density at radius 1 is 1.14 bits per heavy atom. The summed E-state index contributed by atoms with van der Waals surface area (Å²) < 4.78 is 18.6. The van der Waals surface area contributed by atoms with Gasteiger partial charge in [0, 0.05) is 47.5 Å². The maximum atomic E-state index is 13.2. The van der Waals surface area contributed by atoms with Gasteiger partial charge in [0.25, 0.3) is 0 Å². The van der Waals surface area contributed by atoms with Crippen LogP contribution in [0.4, 0.5) is 4.39 Å². The molecule has 5 nitrogen and oxygen atoms in total. The number of amides is 1. The van der Waals surface area contributed by atoms with Gasteiger partial charge in [0.05, 0.1) is 24.7 Å². The van der Waals surface area contributed by atoms with Gasteiger partial charge in [-0.1, -0.05) is 30.0 Å². The second-order valence-corrected chi connectivity index (χ2v) is 8.10. The topological polar surface area (TPSA) is 57.4 Å². The van der Waals surface area contributed by atoms with Crippen molar-refractivity contribution in [1.29, 1.82) is 0 Å². The second kappa shape index (κ2) is 9.43. The van der Waals surface area contributed by atoms with E-state index in [9.17, 15) is 9.18 Å². The lowest BCUT2D eigenvalue weighted by molar-refractivity contribution is -0.120. The van der Waals surface area contributed by atoms with Gasteiger partial charge in [-0.2, -0.15) is 0 Å². The molecule has 1 saturated heterocycles. The van der Waals surface area contributed by atoms with Crippen LogP contribution in [-0.2, 0) is 16.0 Å². The number of ether oxygens (including phenoxy) is 1. The van der Waals surface area contributed by atoms with Gasteiger partial charge in [0.15, 0.2) is 0 Å². The molecule has 0 saturated carbocycles. The van der Waals surface area contributed by atoms with Crippen molar-refractivity contribution in [3.63, 3.8) is 0 Å². The first-order chi connectivity index (χ1) is 14.2. The monoisotopic (exact) mass is 413 g/mol. The van der Waals surface area contributed by atoms with E-state index in [0.717, 1.165) is 59.2 Å². The molecule has 0 unspecified atom stereocenters. The number of fused-ring (bicyclic) bond motifs is 1. The average Bonchev–Trinajstić information content (AvgIpc) is 3.07. The minimum atomic E-state index is -0.258. The van der Waals surface area contributed by atoms with Crippen LogP contribution < -0.4 is 5.32 Å². The Hall–Kier alpha value is -2.35. The fraction of sp³-hybridized carbons (Fsp3) is 0.318. The number of aromatic amines is 1. The van der Waals surface area contributed by atoms with Gasteiger partial charge >= 0.3 is 0 Å². The van der Waals surface area contributed by atoms with Crippen LogP contribution in [0.15, 0.2) is 58.5 Å². The van der Waals surface area contributed by atoms with Gasteiger partial charge in [-0.25, -0.2) is 4.39 Å². The molecule has 0 atom stereocenters. The first-order valence-corrected chi connectivity index (χ1v) is 10.6. The number of carbonyl (C=O) groups is 1. The van der Waals surface area contributed by atoms with Gasteiger partial charge in [0.2, 0.25) is 5.91 Å². The zero-order valence-corrected chi connectivity index (χ0v) is 16.9. The molecule has 0 aliphatic carbocycles. The molecule has 2 heterocycles. The van der Waals surface area contributed by atoms with Crippen molar-refractivity contribution in [3.8, 4) is 0 Å². The fourth-order valence-corrected chi connectivity index (χ4v) is 4.43. The third-order valence-corrected chi connectivity index (χ3v) is 6.06. The van der Waals surface area contributed by atoms with Crippen molar-refractivity contribution >= 4 is 28.6 Å². The van der Waals surface area contributed by atoms with Crippen LogP contribution in [0.3, 0.4) is 0 Å². The SMILES string of the molecule is O=C(Cc1c(Sc2ccc(F)cc2)[nH]c2ccccc12)NCCN1CCOCC1. The molecule has 152 valence electrons. The molecule has 4 rings (SSSR count). The van der Waals surface area contributed by atoms with Crippen molar-refractivity contribution in [1.82, 2.24) is 15.2 Å². The van der Waals surface area contributed by atoms with Crippen molar-refractivity contribution < 1.29 is 13.9 Å². The molecule has 2 aromatic carbocycles. The number of aromatic nitrogens is 1. The van der Waals surface area contributed by atoms with E-state index in [1.165, 1.54) is 23.9 Å². The minimum Gasteiger partial charge on any atom is -0.379 e. The number of hydrogen-bond donors (Lipinski definition) is 2. The Balaban J connectivity index is 1.44. The average molecular weight is 414 g/mol. The Morgan fingerprint density at radius 2 is 1.90 bits per heavy atom. The number of rotatable bonds is 7. The van der Waals surface area contributed by atoms with Crippen LogP contribution in [0.25, 0.3) is 10.9 Å². The van der Waals surface area contributed by atoms with E-state index < -0.39 is 0 Å². The Bertz CT molecular complexity index is 968. The molecule has 1 amide bonds. The van der Waals surface area contributed by atoms with Gasteiger partial charge in [-0.05, 0) is 30.3 Å². The molecule has 1 aliphatic heterocycles. The molecular weight excluding hydrogens is 389 g/mol. The predicted octanol–water partition coefficient (Wildman–Crippen LogP) is 3.45. The summed E-state index contributed by atoms with van der Waals surface area (Å²) in [7, 11) is 0. The van der Waals surface area contributed by atoms with Gasteiger partial charge in [0.1, 0.15) is 5.82 Å². The van der Waals surface area contributed by atoms with E-state index in [-0.39, 0.29) is 11.7 Å². The zero-order chi connectivity index (χ0) is 20.1. The number of H-pyrrole nitrogens is 1. The fourth-order valence-electron chi connectivity index (χ4n) is 3.46. The second-order valence-electron chi connectivity index (χ2n) is 7.01. The highest BCUT2D eigenvalue weighted by Gasteiger charge is 2.16. The Morgan fingerprint density at radius 3 is 2.69 bits per heavy atom. The van der Waals surface area contributed by atoms with Crippen molar-refractivity contribution in [2.45, 2.75) is 16.3 Å². The highest BCUT2D eigenvalue weighted by molar-refractivity contribution is 7.99. The summed E-state index contributed by atoms with van der Waals surface area (Å²) >= 11 is 1.51. The van der Waals surface area contributed by atoms with E-state index in [2.05, 4.69) is 15.2 Å². The molecule has 1 fully saturated rings. The van der Waals surface area contributed by atoms with E-state index >= 15 is 0 Å². The predicted molar refractivity (Wildman–Crippen MR) is 113 cm³/mol. The summed E-state index contributed by atoms with van der Waals surface area (Å²) in [6, 6.07) is 14.4. The minimum absolute atomic E-state index is 0.00367. The third kappa shape index (κ3) is 5.18. The number of morpholine rings is 1. The number of halogens is 1. The number of carbonyl (C=O) groups excluding carboxylic acids is 1. The summed E-state index contributed by atoms with van der Waals surface area (Å²) in [5.41, 5.74) is 1.96. The van der Waals surface area contributed by atoms with Crippen LogP contribution in [0.5, 0.6) is 0 Å². The molecule has 0 radical (unpaired) electrons. The van der Waals surface area contributed by atoms with Crippen LogP contribution in [-0.4, -0.2) is 55.2 Å². The van der Waals surface area contributed by atoms with E-state index in [1.54, 1.807) is 12.1 Å². The third-order valence-electron chi connectivity index (χ3n) is 5.00. The first kappa shape index (κ1) is 19.9. The number of benzene rings is 2. The number of nitrogens with one attached hydrogen (secondary N) is 2. The molecule has 7 heteroatoms. The Kier molecular flexibility index (Phi) is 6.49. The lowest BCUT2D eigenvalue weighted by Gasteiger charge is -2.26. The van der Waals surface area contributed by atoms with Crippen LogP contribution >= 0.6 is 11.8 Å². The molecule has 3 aromatic rings. The highest BCUT2D eigenvalue weighted by Crippen LogP contribution is 2.34. The van der Waals surface area contributed by atoms with Crippen LogP contribution in [0.1, 0.15) is 5.56 Å². The zero-order valence-electron chi connectivity index (χ0n) is 16.1. The summed E-state index contributed by atoms with van der Waals surface area (Å²) in [5.74, 6) is -0.255. The normalized spacial score (nSPS) is 14.9. The first-order valence-electron chi connectivity index (χ1n) is 9.79. The maximum absolute atomic E-state index is 13.2. The quantitative estimate of drug-likeness (QED) is 0.623.